The summed E-state index contributed by atoms with van der Waals surface area (Å²) in [6.07, 6.45) is 5.10. The molecule has 3 aromatic rings. The summed E-state index contributed by atoms with van der Waals surface area (Å²) in [5.74, 6) is -0.256. The number of pyridine rings is 2. The fourth-order valence-electron chi connectivity index (χ4n) is 3.21. The molecule has 1 aliphatic rings. The highest BCUT2D eigenvalue weighted by atomic mass is 32.2. The highest BCUT2D eigenvalue weighted by Crippen LogP contribution is 2.41. The molecule has 146 valence electrons. The second-order valence-corrected chi connectivity index (χ2v) is 7.98. The molecule has 0 radical (unpaired) electrons. The topological polar surface area (TPSA) is 75.2 Å². The van der Waals surface area contributed by atoms with Crippen molar-refractivity contribution in [1.82, 2.24) is 15.3 Å². The predicted molar refractivity (Wildman–Crippen MR) is 112 cm³/mol. The lowest BCUT2D eigenvalue weighted by Gasteiger charge is -2.27. The summed E-state index contributed by atoms with van der Waals surface area (Å²) in [7, 11) is 0. The maximum Gasteiger partial charge on any atom is 0.261 e. The molecular formula is C22H20N4O2S. The van der Waals surface area contributed by atoms with Gasteiger partial charge in [-0.25, -0.2) is 4.98 Å². The number of aromatic nitrogens is 2. The number of carbonyl (C=O) groups is 2. The number of anilines is 1. The zero-order valence-corrected chi connectivity index (χ0v) is 16.9. The Morgan fingerprint density at radius 2 is 2.00 bits per heavy atom. The van der Waals surface area contributed by atoms with Crippen LogP contribution in [0.15, 0.2) is 71.0 Å². The van der Waals surface area contributed by atoms with Crippen molar-refractivity contribution in [3.8, 4) is 0 Å². The summed E-state index contributed by atoms with van der Waals surface area (Å²) in [6.45, 7) is 4.35. The first-order chi connectivity index (χ1) is 14.0. The fourth-order valence-corrected chi connectivity index (χ4v) is 4.26. The van der Waals surface area contributed by atoms with Crippen molar-refractivity contribution < 1.29 is 9.59 Å². The molecule has 0 spiro atoms. The third-order valence-corrected chi connectivity index (χ3v) is 5.67. The third kappa shape index (κ3) is 3.86. The lowest BCUT2D eigenvalue weighted by molar-refractivity contribution is 0.0949. The number of benzene rings is 1. The van der Waals surface area contributed by atoms with E-state index in [0.29, 0.717) is 22.7 Å². The van der Waals surface area contributed by atoms with E-state index >= 15 is 0 Å². The van der Waals surface area contributed by atoms with Crippen molar-refractivity contribution in [2.45, 2.75) is 36.4 Å². The molecule has 1 aromatic carbocycles. The normalized spacial score (nSPS) is 12.9. The lowest BCUT2D eigenvalue weighted by atomic mass is 10.1. The Morgan fingerprint density at radius 3 is 2.76 bits per heavy atom. The lowest BCUT2D eigenvalue weighted by Crippen LogP contribution is -2.37. The predicted octanol–water partition coefficient (Wildman–Crippen LogP) is 3.93. The smallest absolute Gasteiger partial charge is 0.261 e. The maximum absolute atomic E-state index is 13.1. The number of hydrogen-bond donors (Lipinski definition) is 1. The molecule has 0 bridgehead atoms. The van der Waals surface area contributed by atoms with E-state index < -0.39 is 0 Å². The molecule has 1 aliphatic heterocycles. The monoisotopic (exact) mass is 404 g/mol. The number of rotatable bonds is 4. The Hall–Kier alpha value is -3.19. The number of nitrogens with zero attached hydrogens (tertiary/aromatic N) is 3. The summed E-state index contributed by atoms with van der Waals surface area (Å²) in [5.41, 5.74) is 2.83. The van der Waals surface area contributed by atoms with Crippen LogP contribution >= 0.6 is 11.8 Å². The van der Waals surface area contributed by atoms with Gasteiger partial charge in [0.05, 0.1) is 11.3 Å². The van der Waals surface area contributed by atoms with Crippen LogP contribution in [0.4, 0.5) is 5.69 Å². The van der Waals surface area contributed by atoms with E-state index in [2.05, 4.69) is 15.3 Å². The van der Waals surface area contributed by atoms with Crippen LogP contribution in [0, 0.1) is 0 Å². The zero-order valence-electron chi connectivity index (χ0n) is 16.1. The van der Waals surface area contributed by atoms with Crippen molar-refractivity contribution in [1.29, 1.82) is 0 Å². The van der Waals surface area contributed by atoms with Crippen LogP contribution in [0.25, 0.3) is 0 Å². The van der Waals surface area contributed by atoms with Gasteiger partial charge in [-0.2, -0.15) is 0 Å². The first-order valence-electron chi connectivity index (χ1n) is 9.32. The molecule has 2 amide bonds. The Balaban J connectivity index is 1.66. The second kappa shape index (κ2) is 8.05. The largest absolute Gasteiger partial charge is 0.348 e. The summed E-state index contributed by atoms with van der Waals surface area (Å²) in [4.78, 5) is 36.8. The van der Waals surface area contributed by atoms with E-state index in [0.717, 1.165) is 16.1 Å². The van der Waals surface area contributed by atoms with E-state index in [4.69, 9.17) is 0 Å². The highest BCUT2D eigenvalue weighted by Gasteiger charge is 2.30. The number of carbonyl (C=O) groups excluding carboxylic acids is 2. The van der Waals surface area contributed by atoms with Gasteiger partial charge in [0, 0.05) is 41.6 Å². The van der Waals surface area contributed by atoms with Gasteiger partial charge < -0.3 is 10.2 Å². The minimum absolute atomic E-state index is 0.0294. The Labute approximate surface area is 173 Å². The molecule has 0 aliphatic carbocycles. The van der Waals surface area contributed by atoms with Gasteiger partial charge in [0.2, 0.25) is 0 Å². The van der Waals surface area contributed by atoms with E-state index in [-0.39, 0.29) is 17.9 Å². The number of fused-ring (bicyclic) bond motifs is 2. The van der Waals surface area contributed by atoms with E-state index in [1.54, 1.807) is 41.7 Å². The van der Waals surface area contributed by atoms with E-state index in [1.807, 2.05) is 38.1 Å². The van der Waals surface area contributed by atoms with Gasteiger partial charge >= 0.3 is 0 Å². The molecule has 0 unspecified atom stereocenters. The Bertz CT molecular complexity index is 1070. The SMILES string of the molecule is CC(C)N1C(=O)c2cccnc2Sc2cc(C(=O)NCc3cccnc3)ccc21. The molecule has 0 atom stereocenters. The Kier molecular flexibility index (Phi) is 5.31. The van der Waals surface area contributed by atoms with Crippen LogP contribution in [0.1, 0.15) is 40.1 Å². The molecule has 6 nitrogen and oxygen atoms in total. The van der Waals surface area contributed by atoms with Crippen molar-refractivity contribution >= 4 is 29.3 Å². The molecule has 2 aromatic heterocycles. The van der Waals surface area contributed by atoms with Crippen LogP contribution in [0.2, 0.25) is 0 Å². The average molecular weight is 404 g/mol. The fraction of sp³-hybridized carbons (Fsp3) is 0.182. The Morgan fingerprint density at radius 1 is 1.17 bits per heavy atom. The standard InChI is InChI=1S/C22H20N4O2S/c1-14(2)26-18-8-7-16(20(27)25-13-15-5-3-9-23-12-15)11-19(18)29-21-17(22(26)28)6-4-10-24-21/h3-12,14H,13H2,1-2H3,(H,25,27). The first kappa shape index (κ1) is 19.1. The van der Waals surface area contributed by atoms with Gasteiger partial charge in [-0.05, 0) is 55.8 Å². The minimum Gasteiger partial charge on any atom is -0.348 e. The quantitative estimate of drug-likeness (QED) is 0.713. The number of hydrogen-bond acceptors (Lipinski definition) is 5. The first-order valence-corrected chi connectivity index (χ1v) is 10.1. The molecule has 7 heteroatoms. The van der Waals surface area contributed by atoms with Gasteiger partial charge in [-0.3, -0.25) is 14.6 Å². The zero-order chi connectivity index (χ0) is 20.4. The molecule has 3 heterocycles. The van der Waals surface area contributed by atoms with Crippen LogP contribution < -0.4 is 10.2 Å². The van der Waals surface area contributed by atoms with E-state index in [9.17, 15) is 9.59 Å². The minimum atomic E-state index is -0.176. The van der Waals surface area contributed by atoms with Crippen LogP contribution in [0.5, 0.6) is 0 Å². The van der Waals surface area contributed by atoms with Crippen molar-refractivity contribution in [2.75, 3.05) is 4.90 Å². The molecular weight excluding hydrogens is 384 g/mol. The maximum atomic E-state index is 13.1. The highest BCUT2D eigenvalue weighted by molar-refractivity contribution is 7.99. The van der Waals surface area contributed by atoms with Gasteiger partial charge in [0.1, 0.15) is 5.03 Å². The summed E-state index contributed by atoms with van der Waals surface area (Å²) in [5, 5.41) is 3.56. The van der Waals surface area contributed by atoms with Gasteiger partial charge in [0.15, 0.2) is 0 Å². The molecule has 29 heavy (non-hydrogen) atoms. The second-order valence-electron chi connectivity index (χ2n) is 6.95. The van der Waals surface area contributed by atoms with Gasteiger partial charge in [-0.15, -0.1) is 0 Å². The average Bonchev–Trinajstić information content (AvgIpc) is 2.86. The van der Waals surface area contributed by atoms with Crippen molar-refractivity contribution in [3.63, 3.8) is 0 Å². The molecule has 0 fully saturated rings. The number of amides is 2. The molecule has 0 saturated heterocycles. The number of nitrogens with one attached hydrogen (secondary N) is 1. The van der Waals surface area contributed by atoms with E-state index in [1.165, 1.54) is 11.8 Å². The summed E-state index contributed by atoms with van der Waals surface area (Å²) < 4.78 is 0. The van der Waals surface area contributed by atoms with Crippen LogP contribution in [-0.4, -0.2) is 27.8 Å². The van der Waals surface area contributed by atoms with Gasteiger partial charge in [0.25, 0.3) is 11.8 Å². The molecule has 0 saturated carbocycles. The summed E-state index contributed by atoms with van der Waals surface area (Å²) >= 11 is 1.41. The molecule has 1 N–H and O–H groups in total. The van der Waals surface area contributed by atoms with Crippen molar-refractivity contribution in [3.05, 3.63) is 77.7 Å². The van der Waals surface area contributed by atoms with Gasteiger partial charge in [-0.1, -0.05) is 17.8 Å². The van der Waals surface area contributed by atoms with Crippen LogP contribution in [-0.2, 0) is 6.54 Å². The van der Waals surface area contributed by atoms with Crippen LogP contribution in [0.3, 0.4) is 0 Å². The third-order valence-electron chi connectivity index (χ3n) is 4.60. The molecule has 4 rings (SSSR count). The van der Waals surface area contributed by atoms with Crippen molar-refractivity contribution in [2.24, 2.45) is 0 Å². The summed E-state index contributed by atoms with van der Waals surface area (Å²) in [6, 6.07) is 12.7.